The first-order chi connectivity index (χ1) is 13.3. The molecule has 0 aliphatic rings. The Labute approximate surface area is 172 Å². The number of halogens is 1. The minimum Gasteiger partial charge on any atom is -0.495 e. The van der Waals surface area contributed by atoms with Crippen LogP contribution in [-0.2, 0) is 9.59 Å². The number of carbonyl (C=O) groups excluding carboxylic acids is 3. The topological polar surface area (TPSA) is 111 Å². The smallest absolute Gasteiger partial charge is 0.250 e. The molecule has 2 rings (SSSR count). The molecule has 0 saturated carbocycles. The van der Waals surface area contributed by atoms with Crippen molar-refractivity contribution in [1.29, 1.82) is 0 Å². The van der Waals surface area contributed by atoms with Crippen molar-refractivity contribution < 1.29 is 19.1 Å². The molecule has 3 amide bonds. The highest BCUT2D eigenvalue weighted by molar-refractivity contribution is 8.00. The van der Waals surface area contributed by atoms with Crippen LogP contribution >= 0.6 is 23.4 Å². The van der Waals surface area contributed by atoms with E-state index < -0.39 is 5.91 Å². The Balaban J connectivity index is 1.87. The van der Waals surface area contributed by atoms with Gasteiger partial charge >= 0.3 is 0 Å². The summed E-state index contributed by atoms with van der Waals surface area (Å²) < 4.78 is 5.21. The molecular formula is C19H20ClN3O4S. The lowest BCUT2D eigenvalue weighted by Gasteiger charge is -2.12. The maximum absolute atomic E-state index is 12.1. The average Bonchev–Trinajstić information content (AvgIpc) is 2.64. The number of nitrogens with one attached hydrogen (secondary N) is 2. The van der Waals surface area contributed by atoms with E-state index in [1.54, 1.807) is 30.3 Å². The molecule has 0 aromatic heterocycles. The number of ether oxygens (including phenoxy) is 1. The standard InChI is InChI=1S/C19H20ClN3O4S/c1-11-7-15(16(27-2)8-13(11)20)23-18(25)10-28-9-17(24)22-14-6-4-3-5-12(14)19(21)26/h3-8H,9-10H2,1-2H3,(H2,21,26)(H,22,24)(H,23,25). The number of aryl methyl sites for hydroxylation is 1. The van der Waals surface area contributed by atoms with Crippen LogP contribution in [0.4, 0.5) is 11.4 Å². The zero-order valence-corrected chi connectivity index (χ0v) is 16.9. The predicted octanol–water partition coefficient (Wildman–Crippen LogP) is 3.07. The summed E-state index contributed by atoms with van der Waals surface area (Å²) in [6, 6.07) is 9.80. The van der Waals surface area contributed by atoms with Gasteiger partial charge in [0, 0.05) is 11.1 Å². The van der Waals surface area contributed by atoms with E-state index in [2.05, 4.69) is 10.6 Å². The first kappa shape index (κ1) is 21.6. The van der Waals surface area contributed by atoms with Crippen molar-refractivity contribution in [3.05, 3.63) is 52.5 Å². The summed E-state index contributed by atoms with van der Waals surface area (Å²) in [5.41, 5.74) is 7.16. The Morgan fingerprint density at radius 2 is 1.68 bits per heavy atom. The summed E-state index contributed by atoms with van der Waals surface area (Å²) in [5, 5.41) is 5.90. The van der Waals surface area contributed by atoms with E-state index in [0.717, 1.165) is 17.3 Å². The van der Waals surface area contributed by atoms with Crippen LogP contribution in [0.5, 0.6) is 5.75 Å². The zero-order valence-electron chi connectivity index (χ0n) is 15.4. The first-order valence-electron chi connectivity index (χ1n) is 8.22. The zero-order chi connectivity index (χ0) is 20.7. The van der Waals surface area contributed by atoms with Gasteiger partial charge in [-0.25, -0.2) is 0 Å². The van der Waals surface area contributed by atoms with Gasteiger partial charge in [-0.3, -0.25) is 14.4 Å². The molecule has 2 aromatic carbocycles. The van der Waals surface area contributed by atoms with Gasteiger partial charge in [-0.1, -0.05) is 23.7 Å². The Morgan fingerprint density at radius 1 is 1.07 bits per heavy atom. The number of primary amides is 1. The number of amides is 3. The van der Waals surface area contributed by atoms with Crippen molar-refractivity contribution in [2.24, 2.45) is 5.73 Å². The van der Waals surface area contributed by atoms with E-state index in [1.807, 2.05) is 6.92 Å². The number of rotatable bonds is 8. The molecule has 0 saturated heterocycles. The van der Waals surface area contributed by atoms with Gasteiger partial charge in [0.1, 0.15) is 5.75 Å². The summed E-state index contributed by atoms with van der Waals surface area (Å²) in [5.74, 6) is -0.695. The number of thioether (sulfide) groups is 1. The Kier molecular flexibility index (Phi) is 7.71. The second-order valence-corrected chi connectivity index (χ2v) is 7.19. The fourth-order valence-corrected chi connectivity index (χ4v) is 3.12. The average molecular weight is 422 g/mol. The fourth-order valence-electron chi connectivity index (χ4n) is 2.35. The number of hydrogen-bond acceptors (Lipinski definition) is 5. The number of nitrogens with two attached hydrogens (primary N) is 1. The van der Waals surface area contributed by atoms with E-state index in [9.17, 15) is 14.4 Å². The number of methoxy groups -OCH3 is 1. The highest BCUT2D eigenvalue weighted by atomic mass is 35.5. The van der Waals surface area contributed by atoms with Crippen LogP contribution in [-0.4, -0.2) is 36.3 Å². The molecule has 0 fully saturated rings. The third kappa shape index (κ3) is 5.90. The van der Waals surface area contributed by atoms with E-state index in [1.165, 1.54) is 13.2 Å². The molecule has 0 spiro atoms. The number of para-hydroxylation sites is 1. The number of benzene rings is 2. The second kappa shape index (κ2) is 10.0. The van der Waals surface area contributed by atoms with Crippen molar-refractivity contribution in [1.82, 2.24) is 0 Å². The number of carbonyl (C=O) groups is 3. The molecule has 0 aliphatic carbocycles. The quantitative estimate of drug-likeness (QED) is 0.606. The van der Waals surface area contributed by atoms with Crippen LogP contribution in [0.2, 0.25) is 5.02 Å². The van der Waals surface area contributed by atoms with E-state index in [0.29, 0.717) is 22.1 Å². The largest absolute Gasteiger partial charge is 0.495 e. The highest BCUT2D eigenvalue weighted by Crippen LogP contribution is 2.31. The van der Waals surface area contributed by atoms with Gasteiger partial charge in [-0.2, -0.15) is 0 Å². The molecule has 9 heteroatoms. The molecule has 0 aliphatic heterocycles. The number of hydrogen-bond donors (Lipinski definition) is 3. The third-order valence-corrected chi connectivity index (χ3v) is 5.03. The third-order valence-electron chi connectivity index (χ3n) is 3.69. The maximum Gasteiger partial charge on any atom is 0.250 e. The van der Waals surface area contributed by atoms with Crippen LogP contribution < -0.4 is 21.1 Å². The first-order valence-corrected chi connectivity index (χ1v) is 9.75. The Morgan fingerprint density at radius 3 is 2.29 bits per heavy atom. The molecule has 0 heterocycles. The lowest BCUT2D eigenvalue weighted by molar-refractivity contribution is -0.114. The van der Waals surface area contributed by atoms with Gasteiger partial charge in [0.15, 0.2) is 0 Å². The minimum absolute atomic E-state index is 0.0390. The van der Waals surface area contributed by atoms with Crippen LogP contribution in [0.1, 0.15) is 15.9 Å². The van der Waals surface area contributed by atoms with E-state index >= 15 is 0 Å². The molecule has 0 atom stereocenters. The van der Waals surface area contributed by atoms with Gasteiger partial charge in [0.2, 0.25) is 11.8 Å². The van der Waals surface area contributed by atoms with Crippen molar-refractivity contribution in [2.45, 2.75) is 6.92 Å². The van der Waals surface area contributed by atoms with Gasteiger partial charge < -0.3 is 21.1 Å². The molecule has 2 aromatic rings. The summed E-state index contributed by atoms with van der Waals surface area (Å²) in [6.45, 7) is 1.82. The monoisotopic (exact) mass is 421 g/mol. The SMILES string of the molecule is COc1cc(Cl)c(C)cc1NC(=O)CSCC(=O)Nc1ccccc1C(N)=O. The summed E-state index contributed by atoms with van der Waals surface area (Å²) in [4.78, 5) is 35.6. The van der Waals surface area contributed by atoms with Crippen molar-refractivity contribution >= 4 is 52.5 Å². The van der Waals surface area contributed by atoms with Crippen molar-refractivity contribution in [3.63, 3.8) is 0 Å². The van der Waals surface area contributed by atoms with Crippen LogP contribution in [0.25, 0.3) is 0 Å². The predicted molar refractivity (Wildman–Crippen MR) is 112 cm³/mol. The number of anilines is 2. The maximum atomic E-state index is 12.1. The molecule has 4 N–H and O–H groups in total. The van der Waals surface area contributed by atoms with Crippen LogP contribution in [0.15, 0.2) is 36.4 Å². The van der Waals surface area contributed by atoms with E-state index in [-0.39, 0.29) is 28.9 Å². The lowest BCUT2D eigenvalue weighted by Crippen LogP contribution is -2.21. The summed E-state index contributed by atoms with van der Waals surface area (Å²) >= 11 is 7.18. The van der Waals surface area contributed by atoms with Gasteiger partial charge in [0.05, 0.1) is 35.6 Å². The molecule has 0 bridgehead atoms. The minimum atomic E-state index is -0.630. The second-order valence-electron chi connectivity index (χ2n) is 5.80. The Bertz CT molecular complexity index is 905. The molecule has 28 heavy (non-hydrogen) atoms. The molecule has 7 nitrogen and oxygen atoms in total. The summed E-state index contributed by atoms with van der Waals surface area (Å²) in [6.07, 6.45) is 0. The lowest BCUT2D eigenvalue weighted by atomic mass is 10.1. The fraction of sp³-hybridized carbons (Fsp3) is 0.211. The van der Waals surface area contributed by atoms with Crippen molar-refractivity contribution in [2.75, 3.05) is 29.2 Å². The molecule has 0 radical (unpaired) electrons. The highest BCUT2D eigenvalue weighted by Gasteiger charge is 2.13. The van der Waals surface area contributed by atoms with Gasteiger partial charge in [-0.15, -0.1) is 11.8 Å². The van der Waals surface area contributed by atoms with E-state index in [4.69, 9.17) is 22.1 Å². The Hall–Kier alpha value is -2.71. The van der Waals surface area contributed by atoms with Crippen LogP contribution in [0.3, 0.4) is 0 Å². The molecule has 0 unspecified atom stereocenters. The molecule has 148 valence electrons. The normalized spacial score (nSPS) is 10.2. The molecular weight excluding hydrogens is 402 g/mol. The summed E-state index contributed by atoms with van der Waals surface area (Å²) in [7, 11) is 1.49. The van der Waals surface area contributed by atoms with Gasteiger partial charge in [0.25, 0.3) is 5.91 Å². The van der Waals surface area contributed by atoms with Crippen LogP contribution in [0, 0.1) is 6.92 Å². The van der Waals surface area contributed by atoms with Crippen molar-refractivity contribution in [3.8, 4) is 5.75 Å². The van der Waals surface area contributed by atoms with Gasteiger partial charge in [-0.05, 0) is 30.7 Å².